The monoisotopic (exact) mass is 195 g/mol. The molecule has 0 atom stereocenters. The van der Waals surface area contributed by atoms with E-state index in [1.807, 2.05) is 6.92 Å². The molecule has 0 bridgehead atoms. The first-order valence-corrected chi connectivity index (χ1v) is 4.35. The molecule has 1 aromatic rings. The van der Waals surface area contributed by atoms with Crippen molar-refractivity contribution < 1.29 is 9.53 Å². The Morgan fingerprint density at radius 2 is 2.21 bits per heavy atom. The lowest BCUT2D eigenvalue weighted by Crippen LogP contribution is -2.26. The average Bonchev–Trinajstić information content (AvgIpc) is 2.18. The van der Waals surface area contributed by atoms with Gasteiger partial charge in [-0.05, 0) is 19.1 Å². The van der Waals surface area contributed by atoms with Crippen molar-refractivity contribution in [2.24, 2.45) is 0 Å². The Hall–Kier alpha value is -1.42. The van der Waals surface area contributed by atoms with Gasteiger partial charge in [-0.15, -0.1) is 0 Å². The molecule has 0 aliphatic heterocycles. The van der Waals surface area contributed by atoms with Crippen molar-refractivity contribution in [1.29, 1.82) is 0 Å². The van der Waals surface area contributed by atoms with E-state index in [1.165, 1.54) is 10.6 Å². The van der Waals surface area contributed by atoms with Crippen molar-refractivity contribution in [2.75, 3.05) is 13.7 Å². The Morgan fingerprint density at radius 1 is 1.50 bits per heavy atom. The highest BCUT2D eigenvalue weighted by molar-refractivity contribution is 5.73. The van der Waals surface area contributed by atoms with Crippen LogP contribution in [0.2, 0.25) is 0 Å². The molecule has 4 heteroatoms. The molecular formula is C10H13NO3. The molecule has 0 aliphatic rings. The minimum absolute atomic E-state index is 0.187. The highest BCUT2D eigenvalue weighted by Crippen LogP contribution is 1.96. The predicted molar refractivity (Wildman–Crippen MR) is 52.7 cm³/mol. The Kier molecular flexibility index (Phi) is 3.59. The molecule has 4 nitrogen and oxygen atoms in total. The van der Waals surface area contributed by atoms with E-state index in [2.05, 4.69) is 0 Å². The van der Waals surface area contributed by atoms with Gasteiger partial charge >= 0.3 is 0 Å². The molecule has 0 radical (unpaired) electrons. The van der Waals surface area contributed by atoms with Gasteiger partial charge in [-0.3, -0.25) is 9.59 Å². The maximum absolute atomic E-state index is 11.6. The molecule has 0 unspecified atom stereocenters. The number of carbonyl (C=O) groups excluding carboxylic acids is 1. The van der Waals surface area contributed by atoms with Gasteiger partial charge in [-0.2, -0.15) is 0 Å². The second-order valence-corrected chi connectivity index (χ2v) is 3.00. The van der Waals surface area contributed by atoms with Crippen LogP contribution in [0, 0.1) is 6.92 Å². The number of hydrogen-bond donors (Lipinski definition) is 0. The quantitative estimate of drug-likeness (QED) is 0.661. The Bertz CT molecular complexity index is 381. The van der Waals surface area contributed by atoms with E-state index in [4.69, 9.17) is 4.74 Å². The summed E-state index contributed by atoms with van der Waals surface area (Å²) < 4.78 is 6.42. The van der Waals surface area contributed by atoms with Crippen molar-refractivity contribution in [3.05, 3.63) is 33.7 Å². The summed E-state index contributed by atoms with van der Waals surface area (Å²) in [4.78, 5) is 22.1. The van der Waals surface area contributed by atoms with Crippen LogP contribution in [0.4, 0.5) is 0 Å². The summed E-state index contributed by atoms with van der Waals surface area (Å²) in [5.74, 6) is 0. The number of nitrogens with zero attached hydrogens (tertiary/aromatic N) is 1. The minimum Gasteiger partial charge on any atom is -0.383 e. The maximum atomic E-state index is 11.6. The molecule has 14 heavy (non-hydrogen) atoms. The molecule has 0 spiro atoms. The van der Waals surface area contributed by atoms with Gasteiger partial charge in [-0.25, -0.2) is 0 Å². The van der Waals surface area contributed by atoms with E-state index in [0.29, 0.717) is 19.4 Å². The van der Waals surface area contributed by atoms with Gasteiger partial charge in [0.05, 0.1) is 12.2 Å². The molecule has 0 saturated heterocycles. The lowest BCUT2D eigenvalue weighted by molar-refractivity contribution is 0.112. The summed E-state index contributed by atoms with van der Waals surface area (Å²) in [6.07, 6.45) is 0.574. The molecule has 0 aromatic carbocycles. The van der Waals surface area contributed by atoms with E-state index in [1.54, 1.807) is 13.2 Å². The van der Waals surface area contributed by atoms with Crippen LogP contribution in [-0.4, -0.2) is 24.6 Å². The van der Waals surface area contributed by atoms with Crippen LogP contribution < -0.4 is 5.56 Å². The smallest absolute Gasteiger partial charge is 0.261 e. The SMILES string of the molecule is COCCn1c(C)ccc(C=O)c1=O. The van der Waals surface area contributed by atoms with Crippen molar-refractivity contribution in [2.45, 2.75) is 13.5 Å². The first-order chi connectivity index (χ1) is 6.70. The molecular weight excluding hydrogens is 182 g/mol. The molecule has 0 N–H and O–H groups in total. The van der Waals surface area contributed by atoms with Gasteiger partial charge in [0.15, 0.2) is 6.29 Å². The number of ether oxygens (including phenoxy) is 1. The largest absolute Gasteiger partial charge is 0.383 e. The van der Waals surface area contributed by atoms with Gasteiger partial charge < -0.3 is 9.30 Å². The molecule has 76 valence electrons. The minimum atomic E-state index is -0.253. The lowest BCUT2D eigenvalue weighted by Gasteiger charge is -2.09. The fourth-order valence-corrected chi connectivity index (χ4v) is 1.24. The van der Waals surface area contributed by atoms with Gasteiger partial charge in [0.1, 0.15) is 0 Å². The summed E-state index contributed by atoms with van der Waals surface area (Å²) in [5, 5.41) is 0. The predicted octanol–water partition coefficient (Wildman–Crippen LogP) is 0.616. The van der Waals surface area contributed by atoms with Crippen molar-refractivity contribution in [1.82, 2.24) is 4.57 Å². The zero-order chi connectivity index (χ0) is 10.6. The fourth-order valence-electron chi connectivity index (χ4n) is 1.24. The highest BCUT2D eigenvalue weighted by Gasteiger charge is 2.04. The average molecular weight is 195 g/mol. The van der Waals surface area contributed by atoms with Crippen LogP contribution in [0.3, 0.4) is 0 Å². The van der Waals surface area contributed by atoms with Crippen LogP contribution >= 0.6 is 0 Å². The summed E-state index contributed by atoms with van der Waals surface area (Å²) >= 11 is 0. The van der Waals surface area contributed by atoms with Gasteiger partial charge in [-0.1, -0.05) is 0 Å². The van der Waals surface area contributed by atoms with E-state index in [0.717, 1.165) is 5.69 Å². The summed E-state index contributed by atoms with van der Waals surface area (Å²) in [5.41, 5.74) is 0.765. The van der Waals surface area contributed by atoms with Crippen LogP contribution in [0.1, 0.15) is 16.1 Å². The molecule has 1 heterocycles. The highest BCUT2D eigenvalue weighted by atomic mass is 16.5. The van der Waals surface area contributed by atoms with Crippen LogP contribution in [0.15, 0.2) is 16.9 Å². The normalized spacial score (nSPS) is 10.1. The Morgan fingerprint density at radius 3 is 2.79 bits per heavy atom. The molecule has 1 rings (SSSR count). The molecule has 0 fully saturated rings. The van der Waals surface area contributed by atoms with Gasteiger partial charge in [0.25, 0.3) is 5.56 Å². The number of aromatic nitrogens is 1. The number of pyridine rings is 1. The molecule has 0 saturated carbocycles. The van der Waals surface area contributed by atoms with Gasteiger partial charge in [0, 0.05) is 19.3 Å². The number of aryl methyl sites for hydroxylation is 1. The number of methoxy groups -OCH3 is 1. The molecule has 0 aliphatic carbocycles. The van der Waals surface area contributed by atoms with Crippen LogP contribution in [0.25, 0.3) is 0 Å². The summed E-state index contributed by atoms with van der Waals surface area (Å²) in [6.45, 7) is 2.76. The zero-order valence-corrected chi connectivity index (χ0v) is 8.32. The second-order valence-electron chi connectivity index (χ2n) is 3.00. The summed E-state index contributed by atoms with van der Waals surface area (Å²) in [6, 6.07) is 3.29. The number of aldehydes is 1. The topological polar surface area (TPSA) is 48.3 Å². The third-order valence-corrected chi connectivity index (χ3v) is 2.07. The first-order valence-electron chi connectivity index (χ1n) is 4.35. The molecule has 0 amide bonds. The second kappa shape index (κ2) is 4.72. The van der Waals surface area contributed by atoms with E-state index in [-0.39, 0.29) is 11.1 Å². The third kappa shape index (κ3) is 2.09. The zero-order valence-electron chi connectivity index (χ0n) is 8.32. The fraction of sp³-hybridized carbons (Fsp3) is 0.400. The van der Waals surface area contributed by atoms with Crippen molar-refractivity contribution in [3.63, 3.8) is 0 Å². The van der Waals surface area contributed by atoms with Crippen molar-refractivity contribution in [3.8, 4) is 0 Å². The summed E-state index contributed by atoms with van der Waals surface area (Å²) in [7, 11) is 1.57. The number of rotatable bonds is 4. The lowest BCUT2D eigenvalue weighted by atomic mass is 10.2. The van der Waals surface area contributed by atoms with Crippen molar-refractivity contribution >= 4 is 6.29 Å². The van der Waals surface area contributed by atoms with Gasteiger partial charge in [0.2, 0.25) is 0 Å². The van der Waals surface area contributed by atoms with E-state index in [9.17, 15) is 9.59 Å². The first kappa shape index (κ1) is 10.7. The Labute approximate surface area is 82.1 Å². The standard InChI is InChI=1S/C10H13NO3/c1-8-3-4-9(7-12)10(13)11(8)5-6-14-2/h3-4,7H,5-6H2,1-2H3. The van der Waals surface area contributed by atoms with Crippen LogP contribution in [-0.2, 0) is 11.3 Å². The Balaban J connectivity index is 3.12. The van der Waals surface area contributed by atoms with E-state index < -0.39 is 0 Å². The molecule has 1 aromatic heterocycles. The maximum Gasteiger partial charge on any atom is 0.261 e. The number of hydrogen-bond acceptors (Lipinski definition) is 3. The number of carbonyl (C=O) groups is 1. The third-order valence-electron chi connectivity index (χ3n) is 2.07. The van der Waals surface area contributed by atoms with Crippen LogP contribution in [0.5, 0.6) is 0 Å². The van der Waals surface area contributed by atoms with E-state index >= 15 is 0 Å².